The van der Waals surface area contributed by atoms with Crippen LogP contribution in [0.3, 0.4) is 0 Å². The topological polar surface area (TPSA) is 89.3 Å². The van der Waals surface area contributed by atoms with Crippen LogP contribution in [0.5, 0.6) is 0 Å². The summed E-state index contributed by atoms with van der Waals surface area (Å²) in [6, 6.07) is 2.76. The van der Waals surface area contributed by atoms with Gasteiger partial charge in [0.15, 0.2) is 0 Å². The summed E-state index contributed by atoms with van der Waals surface area (Å²) in [5.74, 6) is 0. The fourth-order valence-electron chi connectivity index (χ4n) is 1.20. The van der Waals surface area contributed by atoms with E-state index in [1.807, 2.05) is 0 Å². The van der Waals surface area contributed by atoms with Gasteiger partial charge in [0.05, 0.1) is 9.37 Å². The molecule has 9 heteroatoms. The third-order valence-corrected chi connectivity index (χ3v) is 6.56. The Morgan fingerprint density at radius 1 is 1.53 bits per heavy atom. The Kier molecular flexibility index (Phi) is 5.81. The number of hydrogen-bond acceptors (Lipinski definition) is 4. The highest BCUT2D eigenvalue weighted by atomic mass is 79.9. The van der Waals surface area contributed by atoms with Crippen LogP contribution in [0.4, 0.5) is 5.69 Å². The van der Waals surface area contributed by atoms with Gasteiger partial charge in [-0.1, -0.05) is 11.6 Å². The minimum atomic E-state index is -3.76. The predicted molar refractivity (Wildman–Crippen MR) is 82.3 cm³/mol. The molecule has 1 aromatic rings. The summed E-state index contributed by atoms with van der Waals surface area (Å²) in [4.78, 5) is -0.0356. The number of hydrogen-bond donors (Lipinski definition) is 2. The standard InChI is InChI=1S/C10H14BrClN2O3S2/c1-6(18(2)15)5-14-19(16,17)9-4-7(12)3-8(13)10(9)11/h3-4,6,14H,5,13H2,1-2H3. The van der Waals surface area contributed by atoms with Crippen molar-refractivity contribution in [1.82, 2.24) is 4.72 Å². The van der Waals surface area contributed by atoms with Crippen molar-refractivity contribution in [3.8, 4) is 0 Å². The van der Waals surface area contributed by atoms with Gasteiger partial charge in [0, 0.05) is 39.6 Å². The number of rotatable bonds is 5. The van der Waals surface area contributed by atoms with Gasteiger partial charge in [-0.15, -0.1) is 0 Å². The summed E-state index contributed by atoms with van der Waals surface area (Å²) >= 11 is 8.92. The lowest BCUT2D eigenvalue weighted by molar-refractivity contribution is 0.580. The van der Waals surface area contributed by atoms with Crippen LogP contribution in [0.15, 0.2) is 21.5 Å². The van der Waals surface area contributed by atoms with E-state index >= 15 is 0 Å². The molecule has 1 aromatic carbocycles. The zero-order valence-electron chi connectivity index (χ0n) is 10.3. The van der Waals surface area contributed by atoms with Crippen molar-refractivity contribution in [2.24, 2.45) is 0 Å². The average Bonchev–Trinajstić information content (AvgIpc) is 2.30. The van der Waals surface area contributed by atoms with Crippen LogP contribution in [0.25, 0.3) is 0 Å². The molecule has 2 unspecified atom stereocenters. The van der Waals surface area contributed by atoms with Crippen LogP contribution in [0.2, 0.25) is 5.02 Å². The van der Waals surface area contributed by atoms with Crippen molar-refractivity contribution in [1.29, 1.82) is 0 Å². The lowest BCUT2D eigenvalue weighted by atomic mass is 10.3. The number of sulfonamides is 1. The van der Waals surface area contributed by atoms with Crippen molar-refractivity contribution < 1.29 is 12.6 Å². The molecular formula is C10H14BrClN2O3S2. The molecule has 0 amide bonds. The smallest absolute Gasteiger partial charge is 0.241 e. The van der Waals surface area contributed by atoms with E-state index in [9.17, 15) is 12.6 Å². The van der Waals surface area contributed by atoms with Gasteiger partial charge < -0.3 is 5.73 Å². The van der Waals surface area contributed by atoms with E-state index in [0.717, 1.165) is 0 Å². The van der Waals surface area contributed by atoms with Gasteiger partial charge in [0.2, 0.25) is 10.0 Å². The van der Waals surface area contributed by atoms with Crippen LogP contribution in [-0.2, 0) is 20.8 Å². The lowest BCUT2D eigenvalue weighted by Gasteiger charge is -2.13. The Morgan fingerprint density at radius 2 is 2.11 bits per heavy atom. The van der Waals surface area contributed by atoms with Crippen LogP contribution in [-0.4, -0.2) is 30.7 Å². The minimum absolute atomic E-state index is 0.0356. The van der Waals surface area contributed by atoms with E-state index in [4.69, 9.17) is 17.3 Å². The lowest BCUT2D eigenvalue weighted by Crippen LogP contribution is -2.32. The molecule has 0 saturated carbocycles. The molecule has 0 saturated heterocycles. The first-order valence-corrected chi connectivity index (χ1v) is 9.49. The quantitative estimate of drug-likeness (QED) is 0.751. The van der Waals surface area contributed by atoms with Crippen molar-refractivity contribution in [2.45, 2.75) is 17.1 Å². The molecule has 108 valence electrons. The number of anilines is 1. The molecular weight excluding hydrogens is 376 g/mol. The summed E-state index contributed by atoms with van der Waals surface area (Å²) in [7, 11) is -4.87. The van der Waals surface area contributed by atoms with Crippen molar-refractivity contribution in [2.75, 3.05) is 18.5 Å². The first-order chi connectivity index (χ1) is 8.65. The zero-order valence-corrected chi connectivity index (χ0v) is 14.3. The molecule has 0 aliphatic carbocycles. The molecule has 0 aromatic heterocycles. The third kappa shape index (κ3) is 4.42. The number of nitrogens with two attached hydrogens (primary N) is 1. The predicted octanol–water partition coefficient (Wildman–Crippen LogP) is 1.73. The first-order valence-electron chi connectivity index (χ1n) is 5.21. The van der Waals surface area contributed by atoms with Crippen molar-refractivity contribution >= 4 is 54.0 Å². The molecule has 5 nitrogen and oxygen atoms in total. The van der Waals surface area contributed by atoms with Gasteiger partial charge in [-0.05, 0) is 35.0 Å². The molecule has 1 rings (SSSR count). The van der Waals surface area contributed by atoms with E-state index in [2.05, 4.69) is 20.7 Å². The maximum atomic E-state index is 12.1. The molecule has 0 heterocycles. The molecule has 0 aliphatic heterocycles. The second-order valence-corrected chi connectivity index (χ2v) is 8.73. The zero-order chi connectivity index (χ0) is 14.8. The van der Waals surface area contributed by atoms with Gasteiger partial charge >= 0.3 is 0 Å². The van der Waals surface area contributed by atoms with Gasteiger partial charge in [-0.2, -0.15) is 0 Å². The first kappa shape index (κ1) is 16.9. The molecule has 19 heavy (non-hydrogen) atoms. The fourth-order valence-corrected chi connectivity index (χ4v) is 4.05. The van der Waals surface area contributed by atoms with E-state index in [0.29, 0.717) is 0 Å². The number of nitrogens with one attached hydrogen (secondary N) is 1. The molecule has 0 bridgehead atoms. The fraction of sp³-hybridized carbons (Fsp3) is 0.400. The van der Waals surface area contributed by atoms with Crippen LogP contribution >= 0.6 is 27.5 Å². The van der Waals surface area contributed by atoms with Gasteiger partial charge in [0.1, 0.15) is 0 Å². The summed E-state index contributed by atoms with van der Waals surface area (Å²) in [6.45, 7) is 1.77. The van der Waals surface area contributed by atoms with E-state index in [-0.39, 0.29) is 31.9 Å². The Bertz CT molecular complexity index is 607. The van der Waals surface area contributed by atoms with E-state index in [1.54, 1.807) is 6.92 Å². The monoisotopic (exact) mass is 388 g/mol. The van der Waals surface area contributed by atoms with Crippen molar-refractivity contribution in [3.63, 3.8) is 0 Å². The summed E-state index contributed by atoms with van der Waals surface area (Å²) < 4.78 is 38.1. The van der Waals surface area contributed by atoms with Crippen LogP contribution in [0, 0.1) is 0 Å². The minimum Gasteiger partial charge on any atom is -0.398 e. The Morgan fingerprint density at radius 3 is 2.63 bits per heavy atom. The Balaban J connectivity index is 3.05. The summed E-state index contributed by atoms with van der Waals surface area (Å²) in [6.07, 6.45) is 1.52. The molecule has 2 atom stereocenters. The van der Waals surface area contributed by atoms with Gasteiger partial charge in [-0.3, -0.25) is 4.21 Å². The van der Waals surface area contributed by atoms with Gasteiger partial charge in [-0.25, -0.2) is 13.1 Å². The maximum absolute atomic E-state index is 12.1. The molecule has 3 N–H and O–H groups in total. The number of halogens is 2. The third-order valence-electron chi connectivity index (χ3n) is 2.45. The van der Waals surface area contributed by atoms with E-state index in [1.165, 1.54) is 18.4 Å². The largest absolute Gasteiger partial charge is 0.398 e. The van der Waals surface area contributed by atoms with Crippen LogP contribution in [0.1, 0.15) is 6.92 Å². The Labute approximate surface area is 128 Å². The summed E-state index contributed by atoms with van der Waals surface area (Å²) in [5.41, 5.74) is 5.89. The average molecular weight is 390 g/mol. The highest BCUT2D eigenvalue weighted by molar-refractivity contribution is 9.10. The SMILES string of the molecule is CC(CNS(=O)(=O)c1cc(Cl)cc(N)c1Br)S(C)=O. The molecule has 0 aliphatic rings. The van der Waals surface area contributed by atoms with Gasteiger partial charge in [0.25, 0.3) is 0 Å². The Hall–Kier alpha value is -0.150. The number of nitrogen functional groups attached to an aromatic ring is 1. The highest BCUT2D eigenvalue weighted by Gasteiger charge is 2.21. The normalized spacial score (nSPS) is 15.2. The van der Waals surface area contributed by atoms with Crippen molar-refractivity contribution in [3.05, 3.63) is 21.6 Å². The molecule has 0 fully saturated rings. The van der Waals surface area contributed by atoms with Crippen LogP contribution < -0.4 is 10.5 Å². The number of benzene rings is 1. The second kappa shape index (κ2) is 6.53. The molecule has 0 spiro atoms. The maximum Gasteiger partial charge on any atom is 0.241 e. The second-order valence-electron chi connectivity index (χ2n) is 3.97. The van der Waals surface area contributed by atoms with E-state index < -0.39 is 20.8 Å². The molecule has 0 radical (unpaired) electrons. The summed E-state index contributed by atoms with van der Waals surface area (Å²) in [5, 5.41) is -0.0572. The highest BCUT2D eigenvalue weighted by Crippen LogP contribution is 2.31.